The highest BCUT2D eigenvalue weighted by atomic mass is 16.2. The zero-order chi connectivity index (χ0) is 17.1. The summed E-state index contributed by atoms with van der Waals surface area (Å²) in [5, 5.41) is 7.20. The van der Waals surface area contributed by atoms with Gasteiger partial charge in [0.15, 0.2) is 0 Å². The van der Waals surface area contributed by atoms with Crippen molar-refractivity contribution in [2.24, 2.45) is 0 Å². The number of benzene rings is 1. The summed E-state index contributed by atoms with van der Waals surface area (Å²) >= 11 is 0. The predicted octanol–water partition coefficient (Wildman–Crippen LogP) is 2.22. The lowest BCUT2D eigenvalue weighted by Crippen LogP contribution is -2.32. The number of rotatable bonds is 6. The van der Waals surface area contributed by atoms with E-state index in [1.807, 2.05) is 47.4 Å². The van der Waals surface area contributed by atoms with Crippen LogP contribution in [0.3, 0.4) is 0 Å². The van der Waals surface area contributed by atoms with Crippen molar-refractivity contribution in [3.05, 3.63) is 42.2 Å². The Labute approximate surface area is 140 Å². The molecule has 1 amide bonds. The first-order chi connectivity index (χ1) is 11.6. The van der Waals surface area contributed by atoms with Crippen molar-refractivity contribution in [2.45, 2.75) is 46.3 Å². The van der Waals surface area contributed by atoms with Crippen LogP contribution >= 0.6 is 0 Å². The lowest BCUT2D eigenvalue weighted by Gasteiger charge is -2.15. The summed E-state index contributed by atoms with van der Waals surface area (Å²) in [6.07, 6.45) is 2.50. The fourth-order valence-electron chi connectivity index (χ4n) is 2.88. The Morgan fingerprint density at radius 3 is 2.92 bits per heavy atom. The van der Waals surface area contributed by atoms with Gasteiger partial charge in [-0.05, 0) is 32.4 Å². The molecule has 0 aliphatic heterocycles. The number of imidazole rings is 1. The second kappa shape index (κ2) is 6.82. The van der Waals surface area contributed by atoms with Gasteiger partial charge in [0.05, 0.1) is 17.1 Å². The zero-order valence-corrected chi connectivity index (χ0v) is 14.2. The lowest BCUT2D eigenvalue weighted by molar-refractivity contribution is -0.122. The zero-order valence-electron chi connectivity index (χ0n) is 14.2. The second-order valence-electron chi connectivity index (χ2n) is 5.86. The van der Waals surface area contributed by atoms with Gasteiger partial charge >= 0.3 is 0 Å². The molecule has 7 nitrogen and oxygen atoms in total. The Bertz CT molecular complexity index is 850. The van der Waals surface area contributed by atoms with Gasteiger partial charge in [-0.1, -0.05) is 19.1 Å². The SMILES string of the molecule is CCCn1ncnc1C(C)NC(=O)Cn1c(C)nc2ccccc21. The summed E-state index contributed by atoms with van der Waals surface area (Å²) in [5.74, 6) is 1.53. The van der Waals surface area contributed by atoms with Gasteiger partial charge in [0, 0.05) is 6.54 Å². The van der Waals surface area contributed by atoms with Gasteiger partial charge in [-0.2, -0.15) is 5.10 Å². The van der Waals surface area contributed by atoms with Crippen molar-refractivity contribution in [1.82, 2.24) is 29.6 Å². The van der Waals surface area contributed by atoms with Crippen molar-refractivity contribution >= 4 is 16.9 Å². The number of nitrogens with zero attached hydrogens (tertiary/aromatic N) is 5. The molecule has 0 spiro atoms. The molecule has 1 unspecified atom stereocenters. The molecule has 0 aliphatic rings. The van der Waals surface area contributed by atoms with Gasteiger partial charge in [0.1, 0.15) is 24.5 Å². The van der Waals surface area contributed by atoms with E-state index >= 15 is 0 Å². The molecule has 2 aromatic heterocycles. The Hall–Kier alpha value is -2.70. The highest BCUT2D eigenvalue weighted by Crippen LogP contribution is 2.15. The second-order valence-corrected chi connectivity index (χ2v) is 5.86. The van der Waals surface area contributed by atoms with Gasteiger partial charge in [-0.15, -0.1) is 0 Å². The molecule has 0 saturated heterocycles. The summed E-state index contributed by atoms with van der Waals surface area (Å²) in [6, 6.07) is 7.63. The van der Waals surface area contributed by atoms with Crippen LogP contribution in [0.15, 0.2) is 30.6 Å². The number of carbonyl (C=O) groups excluding carboxylic acids is 1. The summed E-state index contributed by atoms with van der Waals surface area (Å²) in [6.45, 7) is 6.95. The largest absolute Gasteiger partial charge is 0.345 e. The maximum Gasteiger partial charge on any atom is 0.240 e. The maximum atomic E-state index is 12.5. The van der Waals surface area contributed by atoms with Crippen LogP contribution in [0.5, 0.6) is 0 Å². The molecule has 0 fully saturated rings. The topological polar surface area (TPSA) is 77.6 Å². The molecular formula is C17H22N6O. The van der Waals surface area contributed by atoms with E-state index in [0.717, 1.165) is 35.6 Å². The molecule has 7 heteroatoms. The van der Waals surface area contributed by atoms with Gasteiger partial charge in [0.2, 0.25) is 5.91 Å². The van der Waals surface area contributed by atoms with Crippen LogP contribution in [0, 0.1) is 6.92 Å². The Kier molecular flexibility index (Phi) is 4.59. The van der Waals surface area contributed by atoms with E-state index in [4.69, 9.17) is 0 Å². The quantitative estimate of drug-likeness (QED) is 0.753. The molecule has 0 aliphatic carbocycles. The molecule has 0 saturated carbocycles. The standard InChI is InChI=1S/C17H22N6O/c1-4-9-23-17(18-11-19-23)12(2)20-16(24)10-22-13(3)21-14-7-5-6-8-15(14)22/h5-8,11-12H,4,9-10H2,1-3H3,(H,20,24). The number of hydrogen-bond acceptors (Lipinski definition) is 4. The van der Waals surface area contributed by atoms with E-state index in [9.17, 15) is 4.79 Å². The van der Waals surface area contributed by atoms with Crippen molar-refractivity contribution in [2.75, 3.05) is 0 Å². The maximum absolute atomic E-state index is 12.5. The number of carbonyl (C=O) groups is 1. The van der Waals surface area contributed by atoms with E-state index in [0.29, 0.717) is 0 Å². The molecular weight excluding hydrogens is 304 g/mol. The average Bonchev–Trinajstić information content (AvgIpc) is 3.13. The summed E-state index contributed by atoms with van der Waals surface area (Å²) in [5.41, 5.74) is 1.87. The van der Waals surface area contributed by atoms with Gasteiger partial charge in [0.25, 0.3) is 0 Å². The molecule has 0 bridgehead atoms. The highest BCUT2D eigenvalue weighted by Gasteiger charge is 2.17. The fraction of sp³-hybridized carbons (Fsp3) is 0.412. The van der Waals surface area contributed by atoms with Gasteiger partial charge in [-0.3, -0.25) is 4.79 Å². The molecule has 3 aromatic rings. The van der Waals surface area contributed by atoms with Crippen LogP contribution in [0.1, 0.15) is 38.0 Å². The molecule has 2 heterocycles. The third kappa shape index (κ3) is 3.15. The van der Waals surface area contributed by atoms with E-state index in [-0.39, 0.29) is 18.5 Å². The predicted molar refractivity (Wildman–Crippen MR) is 91.3 cm³/mol. The van der Waals surface area contributed by atoms with Crippen molar-refractivity contribution < 1.29 is 4.79 Å². The monoisotopic (exact) mass is 326 g/mol. The summed E-state index contributed by atoms with van der Waals surface area (Å²) in [4.78, 5) is 21.2. The molecule has 1 atom stereocenters. The average molecular weight is 326 g/mol. The first kappa shape index (κ1) is 16.2. The third-order valence-electron chi connectivity index (χ3n) is 3.99. The van der Waals surface area contributed by atoms with Crippen LogP contribution in [0.4, 0.5) is 0 Å². The molecule has 3 rings (SSSR count). The lowest BCUT2D eigenvalue weighted by atomic mass is 10.3. The van der Waals surface area contributed by atoms with E-state index in [1.54, 1.807) is 0 Å². The first-order valence-electron chi connectivity index (χ1n) is 8.19. The van der Waals surface area contributed by atoms with Crippen molar-refractivity contribution in [3.63, 3.8) is 0 Å². The first-order valence-corrected chi connectivity index (χ1v) is 8.19. The van der Waals surface area contributed by atoms with Crippen LogP contribution in [0.2, 0.25) is 0 Å². The van der Waals surface area contributed by atoms with Crippen LogP contribution in [-0.2, 0) is 17.9 Å². The molecule has 24 heavy (non-hydrogen) atoms. The minimum absolute atomic E-state index is 0.0696. The fourth-order valence-corrected chi connectivity index (χ4v) is 2.88. The number of aromatic nitrogens is 5. The smallest absolute Gasteiger partial charge is 0.240 e. The van der Waals surface area contributed by atoms with Gasteiger partial charge in [-0.25, -0.2) is 14.6 Å². The number of fused-ring (bicyclic) bond motifs is 1. The number of nitrogens with one attached hydrogen (secondary N) is 1. The van der Waals surface area contributed by atoms with Gasteiger partial charge < -0.3 is 9.88 Å². The number of hydrogen-bond donors (Lipinski definition) is 1. The summed E-state index contributed by atoms with van der Waals surface area (Å²) in [7, 11) is 0. The highest BCUT2D eigenvalue weighted by molar-refractivity contribution is 5.81. The van der Waals surface area contributed by atoms with E-state index in [2.05, 4.69) is 27.3 Å². The third-order valence-corrected chi connectivity index (χ3v) is 3.99. The number of aryl methyl sites for hydroxylation is 2. The van der Waals surface area contributed by atoms with Crippen LogP contribution in [-0.4, -0.2) is 30.2 Å². The Morgan fingerprint density at radius 1 is 1.33 bits per heavy atom. The van der Waals surface area contributed by atoms with Crippen LogP contribution < -0.4 is 5.32 Å². The van der Waals surface area contributed by atoms with E-state index < -0.39 is 0 Å². The number of para-hydroxylation sites is 2. The minimum Gasteiger partial charge on any atom is -0.345 e. The summed E-state index contributed by atoms with van der Waals surface area (Å²) < 4.78 is 3.76. The molecule has 0 radical (unpaired) electrons. The normalized spacial score (nSPS) is 12.5. The molecule has 1 aromatic carbocycles. The number of amides is 1. The van der Waals surface area contributed by atoms with Crippen molar-refractivity contribution in [3.8, 4) is 0 Å². The Balaban J connectivity index is 1.73. The Morgan fingerprint density at radius 2 is 2.12 bits per heavy atom. The van der Waals surface area contributed by atoms with Crippen molar-refractivity contribution in [1.29, 1.82) is 0 Å². The van der Waals surface area contributed by atoms with E-state index in [1.165, 1.54) is 6.33 Å². The minimum atomic E-state index is -0.193. The molecule has 126 valence electrons. The van der Waals surface area contributed by atoms with Crippen LogP contribution in [0.25, 0.3) is 11.0 Å². The molecule has 1 N–H and O–H groups in total.